The fourth-order valence-electron chi connectivity index (χ4n) is 2.43. The Balaban J connectivity index is 1.70. The van der Waals surface area contributed by atoms with E-state index in [4.69, 9.17) is 13.9 Å². The van der Waals surface area contributed by atoms with Gasteiger partial charge in [0.2, 0.25) is 0 Å². The van der Waals surface area contributed by atoms with Crippen molar-refractivity contribution < 1.29 is 18.7 Å². The first-order valence-electron chi connectivity index (χ1n) is 7.99. The Kier molecular flexibility index (Phi) is 5.86. The van der Waals surface area contributed by atoms with Gasteiger partial charge in [-0.1, -0.05) is 18.2 Å². The second-order valence-corrected chi connectivity index (χ2v) is 6.45. The molecule has 0 radical (unpaired) electrons. The molecule has 0 saturated carbocycles. The van der Waals surface area contributed by atoms with Gasteiger partial charge < -0.3 is 19.2 Å². The summed E-state index contributed by atoms with van der Waals surface area (Å²) in [6.07, 6.45) is 1.53. The van der Waals surface area contributed by atoms with Crippen LogP contribution in [0, 0.1) is 0 Å². The van der Waals surface area contributed by atoms with Crippen LogP contribution >= 0.6 is 11.8 Å². The van der Waals surface area contributed by atoms with E-state index in [1.165, 1.54) is 6.26 Å². The number of amides is 1. The molecule has 0 spiro atoms. The van der Waals surface area contributed by atoms with Crippen molar-refractivity contribution in [1.82, 2.24) is 0 Å². The van der Waals surface area contributed by atoms with Crippen molar-refractivity contribution in [2.45, 2.75) is 10.6 Å². The number of rotatable bonds is 7. The summed E-state index contributed by atoms with van der Waals surface area (Å²) in [5.74, 6) is 1.80. The van der Waals surface area contributed by atoms with Crippen LogP contribution in [0.2, 0.25) is 0 Å². The maximum absolute atomic E-state index is 12.6. The summed E-state index contributed by atoms with van der Waals surface area (Å²) in [4.78, 5) is 13.7. The van der Waals surface area contributed by atoms with Gasteiger partial charge in [-0.05, 0) is 30.3 Å². The van der Waals surface area contributed by atoms with Gasteiger partial charge in [0.05, 0.1) is 20.5 Å². The zero-order valence-corrected chi connectivity index (χ0v) is 15.3. The first kappa shape index (κ1) is 17.9. The predicted octanol–water partition coefficient (Wildman–Crippen LogP) is 4.84. The molecule has 1 N–H and O–H groups in total. The van der Waals surface area contributed by atoms with Crippen molar-refractivity contribution in [2.75, 3.05) is 19.5 Å². The third kappa shape index (κ3) is 4.21. The van der Waals surface area contributed by atoms with Crippen LogP contribution in [0.1, 0.15) is 16.1 Å². The lowest BCUT2D eigenvalue weighted by Crippen LogP contribution is -2.12. The number of thioether (sulfide) groups is 1. The maximum atomic E-state index is 12.6. The van der Waals surface area contributed by atoms with E-state index < -0.39 is 0 Å². The van der Waals surface area contributed by atoms with Crippen LogP contribution in [0.15, 0.2) is 70.2 Å². The number of benzene rings is 2. The molecule has 3 rings (SSSR count). The molecule has 1 amide bonds. The van der Waals surface area contributed by atoms with Crippen LogP contribution < -0.4 is 14.8 Å². The molecule has 0 bridgehead atoms. The summed E-state index contributed by atoms with van der Waals surface area (Å²) in [6.45, 7) is 0. The minimum absolute atomic E-state index is 0.300. The van der Waals surface area contributed by atoms with Gasteiger partial charge in [0, 0.05) is 28.0 Å². The molecule has 5 nitrogen and oxygen atoms in total. The minimum Gasteiger partial charge on any atom is -0.493 e. The monoisotopic (exact) mass is 369 g/mol. The molecule has 1 aromatic heterocycles. The van der Waals surface area contributed by atoms with Gasteiger partial charge in [-0.15, -0.1) is 11.8 Å². The van der Waals surface area contributed by atoms with Crippen molar-refractivity contribution in [1.29, 1.82) is 0 Å². The SMILES string of the molecule is COc1ccc(NC(=O)c2occc2CSc2ccccc2)cc1OC. The van der Waals surface area contributed by atoms with Gasteiger partial charge >= 0.3 is 0 Å². The minimum atomic E-state index is -0.300. The number of hydrogen-bond donors (Lipinski definition) is 1. The Hall–Kier alpha value is -2.86. The smallest absolute Gasteiger partial charge is 0.291 e. The topological polar surface area (TPSA) is 60.7 Å². The Morgan fingerprint density at radius 3 is 2.54 bits per heavy atom. The van der Waals surface area contributed by atoms with E-state index in [0.717, 1.165) is 10.5 Å². The first-order valence-corrected chi connectivity index (χ1v) is 8.97. The van der Waals surface area contributed by atoms with Gasteiger partial charge in [-0.3, -0.25) is 4.79 Å². The third-order valence-corrected chi connectivity index (χ3v) is 4.79. The fourth-order valence-corrected chi connectivity index (χ4v) is 3.33. The van der Waals surface area contributed by atoms with Crippen LogP contribution in [0.5, 0.6) is 11.5 Å². The van der Waals surface area contributed by atoms with Gasteiger partial charge in [0.25, 0.3) is 5.91 Å². The second kappa shape index (κ2) is 8.49. The average molecular weight is 369 g/mol. The number of ether oxygens (including phenoxy) is 2. The second-order valence-electron chi connectivity index (χ2n) is 5.40. The summed E-state index contributed by atoms with van der Waals surface area (Å²) < 4.78 is 15.9. The molecule has 0 fully saturated rings. The van der Waals surface area contributed by atoms with Gasteiger partial charge in [-0.2, -0.15) is 0 Å². The number of carbonyl (C=O) groups excluding carboxylic acids is 1. The number of methoxy groups -OCH3 is 2. The number of hydrogen-bond acceptors (Lipinski definition) is 5. The van der Waals surface area contributed by atoms with E-state index in [0.29, 0.717) is 28.7 Å². The summed E-state index contributed by atoms with van der Waals surface area (Å²) in [5, 5.41) is 2.83. The standard InChI is InChI=1S/C20H19NO4S/c1-23-17-9-8-15(12-18(17)24-2)21-20(22)19-14(10-11-25-19)13-26-16-6-4-3-5-7-16/h3-12H,13H2,1-2H3,(H,21,22). The Morgan fingerprint density at radius 1 is 1.04 bits per heavy atom. The van der Waals surface area contributed by atoms with Crippen LogP contribution in [-0.4, -0.2) is 20.1 Å². The molecular formula is C20H19NO4S. The fraction of sp³-hybridized carbons (Fsp3) is 0.150. The summed E-state index contributed by atoms with van der Waals surface area (Å²) in [6, 6.07) is 17.0. The number of carbonyl (C=O) groups is 1. The molecular weight excluding hydrogens is 350 g/mol. The Labute approximate surface area is 156 Å². The number of anilines is 1. The molecule has 0 unspecified atom stereocenters. The van der Waals surface area contributed by atoms with Crippen LogP contribution in [0.25, 0.3) is 0 Å². The average Bonchev–Trinajstić information content (AvgIpc) is 3.16. The molecule has 0 saturated heterocycles. The molecule has 2 aromatic carbocycles. The quantitative estimate of drug-likeness (QED) is 0.604. The Bertz CT molecular complexity index is 877. The molecule has 0 atom stereocenters. The molecule has 134 valence electrons. The number of furan rings is 1. The van der Waals surface area contributed by atoms with Gasteiger partial charge in [0.15, 0.2) is 17.3 Å². The lowest BCUT2D eigenvalue weighted by atomic mass is 10.2. The van der Waals surface area contributed by atoms with E-state index in [9.17, 15) is 4.79 Å². The highest BCUT2D eigenvalue weighted by molar-refractivity contribution is 7.98. The van der Waals surface area contributed by atoms with E-state index in [2.05, 4.69) is 5.32 Å². The normalized spacial score (nSPS) is 10.4. The highest BCUT2D eigenvalue weighted by Gasteiger charge is 2.16. The first-order chi connectivity index (χ1) is 12.7. The van der Waals surface area contributed by atoms with E-state index in [-0.39, 0.29) is 5.91 Å². The highest BCUT2D eigenvalue weighted by Crippen LogP contribution is 2.30. The van der Waals surface area contributed by atoms with E-state index in [1.54, 1.807) is 44.2 Å². The molecule has 26 heavy (non-hydrogen) atoms. The van der Waals surface area contributed by atoms with E-state index >= 15 is 0 Å². The summed E-state index contributed by atoms with van der Waals surface area (Å²) >= 11 is 1.65. The van der Waals surface area contributed by atoms with Crippen LogP contribution in [0.4, 0.5) is 5.69 Å². The van der Waals surface area contributed by atoms with E-state index in [1.807, 2.05) is 36.4 Å². The molecule has 6 heteroatoms. The van der Waals surface area contributed by atoms with Crippen LogP contribution in [0.3, 0.4) is 0 Å². The lowest BCUT2D eigenvalue weighted by Gasteiger charge is -2.10. The molecule has 0 aliphatic rings. The van der Waals surface area contributed by atoms with Crippen molar-refractivity contribution in [2.24, 2.45) is 0 Å². The largest absolute Gasteiger partial charge is 0.493 e. The zero-order chi connectivity index (χ0) is 18.4. The molecule has 1 heterocycles. The predicted molar refractivity (Wildman–Crippen MR) is 102 cm³/mol. The van der Waals surface area contributed by atoms with Crippen molar-refractivity contribution in [3.05, 3.63) is 72.2 Å². The van der Waals surface area contributed by atoms with Gasteiger partial charge in [0.1, 0.15) is 0 Å². The molecule has 0 aliphatic carbocycles. The summed E-state index contributed by atoms with van der Waals surface area (Å²) in [7, 11) is 3.12. The van der Waals surface area contributed by atoms with Crippen LogP contribution in [-0.2, 0) is 5.75 Å². The zero-order valence-electron chi connectivity index (χ0n) is 14.5. The van der Waals surface area contributed by atoms with Crippen molar-refractivity contribution >= 4 is 23.4 Å². The Morgan fingerprint density at radius 2 is 1.81 bits per heavy atom. The molecule has 3 aromatic rings. The van der Waals surface area contributed by atoms with Gasteiger partial charge in [-0.25, -0.2) is 0 Å². The highest BCUT2D eigenvalue weighted by atomic mass is 32.2. The summed E-state index contributed by atoms with van der Waals surface area (Å²) in [5.41, 5.74) is 1.45. The molecule has 0 aliphatic heterocycles. The maximum Gasteiger partial charge on any atom is 0.291 e. The third-order valence-electron chi connectivity index (χ3n) is 3.73. The lowest BCUT2D eigenvalue weighted by molar-refractivity contribution is 0.0995. The number of nitrogens with one attached hydrogen (secondary N) is 1. The van der Waals surface area contributed by atoms with Crippen molar-refractivity contribution in [3.8, 4) is 11.5 Å². The van der Waals surface area contributed by atoms with Crippen molar-refractivity contribution in [3.63, 3.8) is 0 Å².